The van der Waals surface area contributed by atoms with Crippen LogP contribution < -0.4 is 5.73 Å². The van der Waals surface area contributed by atoms with Gasteiger partial charge in [-0.3, -0.25) is 9.48 Å². The molecular weight excluding hydrogens is 214 g/mol. The Morgan fingerprint density at radius 1 is 1.29 bits per heavy atom. The summed E-state index contributed by atoms with van der Waals surface area (Å²) in [6.07, 6.45) is 0. The minimum atomic E-state index is 0.0381. The third-order valence-corrected chi connectivity index (χ3v) is 2.67. The maximum atomic E-state index is 12.0. The van der Waals surface area contributed by atoms with Crippen LogP contribution in [0, 0.1) is 13.8 Å². The van der Waals surface area contributed by atoms with Crippen molar-refractivity contribution in [3.05, 3.63) is 47.2 Å². The van der Waals surface area contributed by atoms with Gasteiger partial charge < -0.3 is 5.73 Å². The molecule has 0 radical (unpaired) electrons. The molecule has 1 aromatic carbocycles. The molecule has 0 aliphatic heterocycles. The Balaban J connectivity index is 2.17. The highest BCUT2D eigenvalue weighted by molar-refractivity contribution is 5.95. The zero-order valence-corrected chi connectivity index (χ0v) is 9.97. The van der Waals surface area contributed by atoms with Crippen molar-refractivity contribution in [3.63, 3.8) is 0 Å². The van der Waals surface area contributed by atoms with Crippen LogP contribution in [0.3, 0.4) is 0 Å². The lowest BCUT2D eigenvalue weighted by Crippen LogP contribution is -2.13. The van der Waals surface area contributed by atoms with Gasteiger partial charge in [0.05, 0.1) is 0 Å². The molecule has 2 rings (SSSR count). The summed E-state index contributed by atoms with van der Waals surface area (Å²) in [7, 11) is 0. The van der Waals surface area contributed by atoms with Crippen molar-refractivity contribution in [2.45, 2.75) is 20.4 Å². The highest BCUT2D eigenvalue weighted by Gasteiger charge is 2.09. The van der Waals surface area contributed by atoms with E-state index >= 15 is 0 Å². The van der Waals surface area contributed by atoms with Gasteiger partial charge in [-0.15, -0.1) is 0 Å². The number of nitrogens with two attached hydrogens (primary N) is 1. The van der Waals surface area contributed by atoms with Gasteiger partial charge in [-0.1, -0.05) is 29.8 Å². The highest BCUT2D eigenvalue weighted by Crippen LogP contribution is 2.08. The Hall–Kier alpha value is -2.10. The molecule has 0 saturated heterocycles. The summed E-state index contributed by atoms with van der Waals surface area (Å²) >= 11 is 0. The van der Waals surface area contributed by atoms with Gasteiger partial charge in [0.2, 0.25) is 0 Å². The van der Waals surface area contributed by atoms with E-state index in [2.05, 4.69) is 5.10 Å². The van der Waals surface area contributed by atoms with Gasteiger partial charge in [-0.25, -0.2) is 0 Å². The topological polar surface area (TPSA) is 60.9 Å². The van der Waals surface area contributed by atoms with Gasteiger partial charge in [-0.05, 0) is 13.8 Å². The Morgan fingerprint density at radius 3 is 2.47 bits per heavy atom. The lowest BCUT2D eigenvalue weighted by molar-refractivity contribution is 0.0967. The second-order valence-corrected chi connectivity index (χ2v) is 4.16. The number of nitrogen functional groups attached to an aromatic ring is 1. The zero-order chi connectivity index (χ0) is 12.4. The van der Waals surface area contributed by atoms with Crippen molar-refractivity contribution >= 4 is 11.6 Å². The molecule has 4 nitrogen and oxygen atoms in total. The van der Waals surface area contributed by atoms with E-state index in [1.54, 1.807) is 10.7 Å². The van der Waals surface area contributed by atoms with Crippen LogP contribution in [0.4, 0.5) is 5.82 Å². The van der Waals surface area contributed by atoms with Crippen LogP contribution >= 0.6 is 0 Å². The molecule has 0 spiro atoms. The summed E-state index contributed by atoms with van der Waals surface area (Å²) in [5, 5.41) is 4.07. The summed E-state index contributed by atoms with van der Waals surface area (Å²) in [6, 6.07) is 9.28. The van der Waals surface area contributed by atoms with E-state index in [1.807, 2.05) is 38.1 Å². The summed E-state index contributed by atoms with van der Waals surface area (Å²) < 4.78 is 1.62. The van der Waals surface area contributed by atoms with E-state index in [4.69, 9.17) is 5.73 Å². The van der Waals surface area contributed by atoms with Crippen LogP contribution in [-0.4, -0.2) is 15.6 Å². The highest BCUT2D eigenvalue weighted by atomic mass is 16.1. The molecule has 88 valence electrons. The van der Waals surface area contributed by atoms with Crippen molar-refractivity contribution in [1.29, 1.82) is 0 Å². The van der Waals surface area contributed by atoms with Gasteiger partial charge in [-0.2, -0.15) is 5.10 Å². The van der Waals surface area contributed by atoms with Gasteiger partial charge >= 0.3 is 0 Å². The first-order valence-corrected chi connectivity index (χ1v) is 5.46. The molecule has 0 atom stereocenters. The first-order chi connectivity index (χ1) is 8.06. The number of rotatable bonds is 3. The van der Waals surface area contributed by atoms with Crippen molar-refractivity contribution in [3.8, 4) is 0 Å². The third-order valence-electron chi connectivity index (χ3n) is 2.67. The first kappa shape index (κ1) is 11.4. The molecule has 1 heterocycles. The Labute approximate surface area is 100 Å². The molecule has 4 heteroatoms. The average Bonchev–Trinajstić information content (AvgIpc) is 2.58. The maximum Gasteiger partial charge on any atom is 0.184 e. The van der Waals surface area contributed by atoms with Gasteiger partial charge in [0.25, 0.3) is 0 Å². The fraction of sp³-hybridized carbons (Fsp3) is 0.231. The Kier molecular flexibility index (Phi) is 2.95. The molecule has 0 fully saturated rings. The monoisotopic (exact) mass is 229 g/mol. The normalized spacial score (nSPS) is 10.5. The molecule has 2 N–H and O–H groups in total. The summed E-state index contributed by atoms with van der Waals surface area (Å²) in [6.45, 7) is 4.10. The standard InChI is InChI=1S/C13H15N3O/c1-9-3-5-11(6-4-9)12(17)8-16-10(2)7-13(14)15-16/h3-7H,8H2,1-2H3,(H2,14,15). The van der Waals surface area contributed by atoms with Crippen LogP contribution in [-0.2, 0) is 6.54 Å². The van der Waals surface area contributed by atoms with E-state index < -0.39 is 0 Å². The van der Waals surface area contributed by atoms with Gasteiger partial charge in [0.15, 0.2) is 5.78 Å². The Morgan fingerprint density at radius 2 is 1.94 bits per heavy atom. The molecule has 1 aromatic heterocycles. The fourth-order valence-electron chi connectivity index (χ4n) is 1.66. The SMILES string of the molecule is Cc1ccc(C(=O)Cn2nc(N)cc2C)cc1. The molecule has 17 heavy (non-hydrogen) atoms. The maximum absolute atomic E-state index is 12.0. The third kappa shape index (κ3) is 2.53. The van der Waals surface area contributed by atoms with Crippen LogP contribution in [0.5, 0.6) is 0 Å². The van der Waals surface area contributed by atoms with Crippen LogP contribution in [0.25, 0.3) is 0 Å². The number of aromatic nitrogens is 2. The average molecular weight is 229 g/mol. The summed E-state index contributed by atoms with van der Waals surface area (Å²) in [5.74, 6) is 0.482. The Bertz CT molecular complexity index is 540. The lowest BCUT2D eigenvalue weighted by atomic mass is 10.1. The van der Waals surface area contributed by atoms with Gasteiger partial charge in [0.1, 0.15) is 12.4 Å². The molecule has 0 saturated carbocycles. The number of ketones is 1. The van der Waals surface area contributed by atoms with E-state index in [0.29, 0.717) is 11.4 Å². The second kappa shape index (κ2) is 4.41. The van der Waals surface area contributed by atoms with E-state index in [1.165, 1.54) is 0 Å². The van der Waals surface area contributed by atoms with E-state index in [0.717, 1.165) is 11.3 Å². The summed E-state index contributed by atoms with van der Waals surface area (Å²) in [5.41, 5.74) is 8.30. The smallest absolute Gasteiger partial charge is 0.184 e. The molecule has 0 aliphatic rings. The molecule has 0 amide bonds. The van der Waals surface area contributed by atoms with Crippen molar-refractivity contribution in [1.82, 2.24) is 9.78 Å². The largest absolute Gasteiger partial charge is 0.382 e. The predicted octanol–water partition coefficient (Wildman–Crippen LogP) is 1.97. The first-order valence-electron chi connectivity index (χ1n) is 5.46. The quantitative estimate of drug-likeness (QED) is 0.818. The fourth-order valence-corrected chi connectivity index (χ4v) is 1.66. The molecular formula is C13H15N3O. The predicted molar refractivity (Wildman–Crippen MR) is 66.9 cm³/mol. The van der Waals surface area contributed by atoms with Crippen molar-refractivity contribution < 1.29 is 4.79 Å². The lowest BCUT2D eigenvalue weighted by Gasteiger charge is -2.04. The second-order valence-electron chi connectivity index (χ2n) is 4.16. The minimum Gasteiger partial charge on any atom is -0.382 e. The number of nitrogens with zero attached hydrogens (tertiary/aromatic N) is 2. The molecule has 0 unspecified atom stereocenters. The molecule has 2 aromatic rings. The van der Waals surface area contributed by atoms with E-state index in [-0.39, 0.29) is 12.3 Å². The van der Waals surface area contributed by atoms with Crippen LogP contribution in [0.15, 0.2) is 30.3 Å². The number of hydrogen-bond donors (Lipinski definition) is 1. The minimum absolute atomic E-state index is 0.0381. The zero-order valence-electron chi connectivity index (χ0n) is 9.97. The number of Topliss-reactive ketones (excluding diaryl/α,β-unsaturated/α-hetero) is 1. The van der Waals surface area contributed by atoms with E-state index in [9.17, 15) is 4.79 Å². The summed E-state index contributed by atoms with van der Waals surface area (Å²) in [4.78, 5) is 12.0. The van der Waals surface area contributed by atoms with Crippen molar-refractivity contribution in [2.24, 2.45) is 0 Å². The number of aryl methyl sites for hydroxylation is 2. The van der Waals surface area contributed by atoms with Crippen LogP contribution in [0.1, 0.15) is 21.6 Å². The van der Waals surface area contributed by atoms with Gasteiger partial charge in [0, 0.05) is 17.3 Å². The molecule has 0 bridgehead atoms. The molecule has 0 aliphatic carbocycles. The van der Waals surface area contributed by atoms with Crippen molar-refractivity contribution in [2.75, 3.05) is 5.73 Å². The van der Waals surface area contributed by atoms with Crippen LogP contribution in [0.2, 0.25) is 0 Å². The number of anilines is 1. The number of carbonyl (C=O) groups excluding carboxylic acids is 1. The number of hydrogen-bond acceptors (Lipinski definition) is 3. The number of benzene rings is 1. The number of carbonyl (C=O) groups is 1.